The first-order valence-corrected chi connectivity index (χ1v) is 8.83. The van der Waals surface area contributed by atoms with Gasteiger partial charge in [0.2, 0.25) is 0 Å². The van der Waals surface area contributed by atoms with Crippen molar-refractivity contribution in [3.63, 3.8) is 0 Å². The summed E-state index contributed by atoms with van der Waals surface area (Å²) in [5, 5.41) is 6.78. The van der Waals surface area contributed by atoms with Gasteiger partial charge in [-0.15, -0.1) is 0 Å². The number of hydrogen-bond donors (Lipinski definition) is 0. The Morgan fingerprint density at radius 3 is 2.65 bits per heavy atom. The monoisotopic (exact) mass is 367 g/mol. The van der Waals surface area contributed by atoms with Gasteiger partial charge in [-0.2, -0.15) is 5.10 Å². The molecule has 0 aliphatic carbocycles. The number of nitrogens with zero attached hydrogens (tertiary/aromatic N) is 3. The Labute approximate surface area is 155 Å². The molecule has 0 unspecified atom stereocenters. The molecule has 0 fully saturated rings. The van der Waals surface area contributed by atoms with E-state index in [1.165, 1.54) is 5.56 Å². The van der Waals surface area contributed by atoms with E-state index < -0.39 is 5.97 Å². The van der Waals surface area contributed by atoms with Gasteiger partial charge in [-0.05, 0) is 24.6 Å². The number of carbonyl (C=O) groups excluding carboxylic acids is 1. The molecule has 2 heterocycles. The van der Waals surface area contributed by atoms with Gasteiger partial charge in [0, 0.05) is 24.0 Å². The topological polar surface area (TPSA) is 49.1 Å². The zero-order chi connectivity index (χ0) is 18.3. The first-order valence-electron chi connectivity index (χ1n) is 8.45. The van der Waals surface area contributed by atoms with Gasteiger partial charge in [0.25, 0.3) is 0 Å². The Hall–Kier alpha value is -2.79. The van der Waals surface area contributed by atoms with Crippen LogP contribution < -0.4 is 0 Å². The third-order valence-corrected chi connectivity index (χ3v) is 4.92. The van der Waals surface area contributed by atoms with Gasteiger partial charge in [0.1, 0.15) is 10.7 Å². The zero-order valence-electron chi connectivity index (χ0n) is 14.6. The molecule has 0 bridgehead atoms. The number of ether oxygens (including phenoxy) is 1. The van der Waals surface area contributed by atoms with Crippen LogP contribution in [0.15, 0.2) is 48.7 Å². The van der Waals surface area contributed by atoms with Crippen LogP contribution in [0.3, 0.4) is 0 Å². The van der Waals surface area contributed by atoms with E-state index in [2.05, 4.69) is 17.2 Å². The van der Waals surface area contributed by atoms with E-state index in [-0.39, 0.29) is 0 Å². The van der Waals surface area contributed by atoms with Crippen molar-refractivity contribution in [2.75, 3.05) is 6.61 Å². The maximum Gasteiger partial charge on any atom is 0.341 e. The smallest absolute Gasteiger partial charge is 0.341 e. The van der Waals surface area contributed by atoms with E-state index in [0.717, 1.165) is 21.8 Å². The minimum atomic E-state index is -0.404. The number of esters is 1. The van der Waals surface area contributed by atoms with Crippen molar-refractivity contribution in [2.45, 2.75) is 13.5 Å². The molecule has 6 heteroatoms. The van der Waals surface area contributed by atoms with Crippen LogP contribution in [0.2, 0.25) is 5.15 Å². The minimum absolute atomic E-state index is 0.308. The van der Waals surface area contributed by atoms with Gasteiger partial charge in [-0.1, -0.05) is 41.9 Å². The van der Waals surface area contributed by atoms with E-state index in [0.29, 0.717) is 23.9 Å². The van der Waals surface area contributed by atoms with Gasteiger partial charge in [-0.3, -0.25) is 4.68 Å². The summed E-state index contributed by atoms with van der Waals surface area (Å²) in [6.45, 7) is 2.77. The second-order valence-corrected chi connectivity index (χ2v) is 6.51. The van der Waals surface area contributed by atoms with Crippen LogP contribution in [0.25, 0.3) is 21.8 Å². The summed E-state index contributed by atoms with van der Waals surface area (Å²) in [7, 11) is 1.85. The van der Waals surface area contributed by atoms with E-state index in [4.69, 9.17) is 16.3 Å². The molecule has 0 saturated heterocycles. The lowest BCUT2D eigenvalue weighted by molar-refractivity contribution is 0.0528. The predicted octanol–water partition coefficient (Wildman–Crippen LogP) is 4.41. The Balaban J connectivity index is 1.87. The Kier molecular flexibility index (Phi) is 4.17. The van der Waals surface area contributed by atoms with Crippen LogP contribution in [0.4, 0.5) is 0 Å². The fourth-order valence-corrected chi connectivity index (χ4v) is 3.58. The van der Waals surface area contributed by atoms with Gasteiger partial charge < -0.3 is 9.30 Å². The normalized spacial score (nSPS) is 11.3. The highest BCUT2D eigenvalue weighted by atomic mass is 35.5. The van der Waals surface area contributed by atoms with Crippen molar-refractivity contribution in [3.05, 3.63) is 64.9 Å². The molecule has 0 spiro atoms. The quantitative estimate of drug-likeness (QED) is 0.502. The molecule has 132 valence electrons. The van der Waals surface area contributed by atoms with Crippen LogP contribution >= 0.6 is 11.6 Å². The molecule has 0 amide bonds. The Bertz CT molecular complexity index is 1110. The SMILES string of the molecule is CCOC(=O)c1c(Cl)n(C)c2c1ccc1nn(Cc3ccccc3)cc12. The molecule has 0 aliphatic rings. The molecule has 0 N–H and O–H groups in total. The molecule has 0 saturated carbocycles. The maximum atomic E-state index is 12.3. The molecule has 0 radical (unpaired) electrons. The summed E-state index contributed by atoms with van der Waals surface area (Å²) < 4.78 is 8.90. The third kappa shape index (κ3) is 2.65. The summed E-state index contributed by atoms with van der Waals surface area (Å²) in [6.07, 6.45) is 2.00. The minimum Gasteiger partial charge on any atom is -0.462 e. The second kappa shape index (κ2) is 6.50. The molecule has 5 nitrogen and oxygen atoms in total. The van der Waals surface area contributed by atoms with Crippen LogP contribution in [0.1, 0.15) is 22.8 Å². The van der Waals surface area contributed by atoms with E-state index in [9.17, 15) is 4.79 Å². The van der Waals surface area contributed by atoms with Gasteiger partial charge in [-0.25, -0.2) is 4.79 Å². The number of fused-ring (bicyclic) bond motifs is 3. The highest BCUT2D eigenvalue weighted by molar-refractivity contribution is 6.36. The summed E-state index contributed by atoms with van der Waals surface area (Å²) in [5.41, 5.74) is 3.33. The molecule has 26 heavy (non-hydrogen) atoms. The van der Waals surface area contributed by atoms with Crippen molar-refractivity contribution in [3.8, 4) is 0 Å². The van der Waals surface area contributed by atoms with Crippen LogP contribution in [0.5, 0.6) is 0 Å². The highest BCUT2D eigenvalue weighted by Gasteiger charge is 2.23. The number of hydrogen-bond acceptors (Lipinski definition) is 3. The first kappa shape index (κ1) is 16.7. The maximum absolute atomic E-state index is 12.3. The molecule has 4 aromatic rings. The molecule has 2 aromatic heterocycles. The van der Waals surface area contributed by atoms with Crippen molar-refractivity contribution >= 4 is 39.4 Å². The summed E-state index contributed by atoms with van der Waals surface area (Å²) >= 11 is 6.44. The average Bonchev–Trinajstić information content (AvgIpc) is 3.14. The second-order valence-electron chi connectivity index (χ2n) is 6.15. The van der Waals surface area contributed by atoms with Gasteiger partial charge in [0.15, 0.2) is 0 Å². The van der Waals surface area contributed by atoms with E-state index in [1.807, 2.05) is 52.8 Å². The lowest BCUT2D eigenvalue weighted by Crippen LogP contribution is -2.04. The molecule has 0 aliphatic heterocycles. The molecule has 2 aromatic carbocycles. The molecular weight excluding hydrogens is 350 g/mol. The van der Waals surface area contributed by atoms with Crippen LogP contribution in [-0.2, 0) is 18.3 Å². The highest BCUT2D eigenvalue weighted by Crippen LogP contribution is 2.34. The van der Waals surface area contributed by atoms with Crippen LogP contribution in [0, 0.1) is 0 Å². The van der Waals surface area contributed by atoms with Crippen molar-refractivity contribution in [1.29, 1.82) is 0 Å². The molecular formula is C20H18ClN3O2. The number of carbonyl (C=O) groups is 1. The largest absolute Gasteiger partial charge is 0.462 e. The lowest BCUT2D eigenvalue weighted by atomic mass is 10.1. The van der Waals surface area contributed by atoms with Crippen molar-refractivity contribution in [2.24, 2.45) is 7.05 Å². The lowest BCUT2D eigenvalue weighted by Gasteiger charge is -2.00. The van der Waals surface area contributed by atoms with E-state index in [1.54, 1.807) is 6.92 Å². The molecule has 4 rings (SSSR count). The van der Waals surface area contributed by atoms with Gasteiger partial charge in [0.05, 0.1) is 24.2 Å². The van der Waals surface area contributed by atoms with Crippen molar-refractivity contribution in [1.82, 2.24) is 14.3 Å². The van der Waals surface area contributed by atoms with Gasteiger partial charge >= 0.3 is 5.97 Å². The number of aryl methyl sites for hydroxylation is 1. The number of aromatic nitrogens is 3. The standard InChI is InChI=1S/C20H18ClN3O2/c1-3-26-20(25)17-14-9-10-16-15(18(14)23(2)19(17)21)12-24(22-16)11-13-7-5-4-6-8-13/h4-10,12H,3,11H2,1-2H3. The summed E-state index contributed by atoms with van der Waals surface area (Å²) in [4.78, 5) is 12.3. The fourth-order valence-electron chi connectivity index (χ4n) is 3.32. The predicted molar refractivity (Wildman–Crippen MR) is 103 cm³/mol. The number of halogens is 1. The van der Waals surface area contributed by atoms with Crippen molar-refractivity contribution < 1.29 is 9.53 Å². The number of benzene rings is 2. The molecule has 0 atom stereocenters. The Morgan fingerprint density at radius 2 is 1.92 bits per heavy atom. The average molecular weight is 368 g/mol. The summed E-state index contributed by atoms with van der Waals surface area (Å²) in [6, 6.07) is 14.0. The summed E-state index contributed by atoms with van der Waals surface area (Å²) in [5.74, 6) is -0.404. The number of rotatable bonds is 4. The zero-order valence-corrected chi connectivity index (χ0v) is 15.3. The third-order valence-electron chi connectivity index (χ3n) is 4.48. The first-order chi connectivity index (χ1) is 12.6. The van der Waals surface area contributed by atoms with E-state index >= 15 is 0 Å². The fraction of sp³-hybridized carbons (Fsp3) is 0.200. The van der Waals surface area contributed by atoms with Crippen LogP contribution in [-0.4, -0.2) is 26.9 Å². The Morgan fingerprint density at radius 1 is 1.15 bits per heavy atom.